The molecule has 2 rings (SSSR count). The molecule has 0 saturated carbocycles. The van der Waals surface area contributed by atoms with Crippen LogP contribution >= 0.6 is 0 Å². The van der Waals surface area contributed by atoms with E-state index >= 15 is 0 Å². The number of hydrogen-bond donors (Lipinski definition) is 4. The number of aryl methyl sites for hydroxylation is 2. The minimum Gasteiger partial charge on any atom is -0.508 e. The number of benzene rings is 2. The first-order chi connectivity index (χ1) is 13.1. The highest BCUT2D eigenvalue weighted by Crippen LogP contribution is 2.18. The molecule has 0 heterocycles. The van der Waals surface area contributed by atoms with Crippen molar-refractivity contribution in [2.45, 2.75) is 57.6 Å². The van der Waals surface area contributed by atoms with E-state index in [0.717, 1.165) is 50.6 Å². The third-order valence-electron chi connectivity index (χ3n) is 4.96. The third-order valence-corrected chi connectivity index (χ3v) is 4.96. The third kappa shape index (κ3) is 8.12. The molecule has 148 valence electrons. The van der Waals surface area contributed by atoms with E-state index in [-0.39, 0.29) is 5.75 Å². The lowest BCUT2D eigenvalue weighted by atomic mass is 10.0. The van der Waals surface area contributed by atoms with Crippen molar-refractivity contribution < 1.29 is 10.2 Å². The number of hydrogen-bond acceptors (Lipinski definition) is 4. The van der Waals surface area contributed by atoms with Crippen molar-refractivity contribution in [2.24, 2.45) is 5.73 Å². The van der Waals surface area contributed by atoms with Crippen LogP contribution in [0.2, 0.25) is 0 Å². The van der Waals surface area contributed by atoms with Crippen LogP contribution < -0.4 is 11.1 Å². The Morgan fingerprint density at radius 2 is 1.63 bits per heavy atom. The van der Waals surface area contributed by atoms with Crippen molar-refractivity contribution in [3.8, 4) is 5.75 Å². The van der Waals surface area contributed by atoms with Crippen molar-refractivity contribution in [3.05, 3.63) is 65.2 Å². The zero-order valence-corrected chi connectivity index (χ0v) is 16.4. The summed E-state index contributed by atoms with van der Waals surface area (Å²) in [5.74, 6) is 0.185. The second-order valence-electron chi connectivity index (χ2n) is 7.37. The Morgan fingerprint density at radius 1 is 0.963 bits per heavy atom. The first-order valence-corrected chi connectivity index (χ1v) is 10.1. The summed E-state index contributed by atoms with van der Waals surface area (Å²) in [6, 6.07) is 16.1. The molecule has 4 nitrogen and oxygen atoms in total. The first kappa shape index (κ1) is 21.4. The molecule has 2 unspecified atom stereocenters. The maximum Gasteiger partial charge on any atom is 0.115 e. The highest BCUT2D eigenvalue weighted by Gasteiger charge is 2.10. The Morgan fingerprint density at radius 3 is 2.26 bits per heavy atom. The molecular formula is C23H34N2O2. The minimum atomic E-state index is -0.605. The smallest absolute Gasteiger partial charge is 0.115 e. The summed E-state index contributed by atoms with van der Waals surface area (Å²) < 4.78 is 0. The van der Waals surface area contributed by atoms with Crippen LogP contribution in [-0.2, 0) is 12.8 Å². The van der Waals surface area contributed by atoms with Crippen molar-refractivity contribution in [1.29, 1.82) is 0 Å². The van der Waals surface area contributed by atoms with E-state index in [0.29, 0.717) is 12.6 Å². The van der Waals surface area contributed by atoms with Crippen LogP contribution in [0.25, 0.3) is 0 Å². The lowest BCUT2D eigenvalue weighted by Gasteiger charge is -2.17. The number of aromatic hydroxyl groups is 1. The average Bonchev–Trinajstić information content (AvgIpc) is 2.67. The molecule has 0 spiro atoms. The van der Waals surface area contributed by atoms with E-state index in [1.54, 1.807) is 18.2 Å². The molecule has 0 saturated heterocycles. The van der Waals surface area contributed by atoms with Gasteiger partial charge in [-0.05, 0) is 80.8 Å². The summed E-state index contributed by atoms with van der Waals surface area (Å²) in [5, 5.41) is 23.1. The van der Waals surface area contributed by atoms with Gasteiger partial charge < -0.3 is 21.3 Å². The zero-order chi connectivity index (χ0) is 19.5. The first-order valence-electron chi connectivity index (χ1n) is 10.1. The Kier molecular flexibility index (Phi) is 9.32. The van der Waals surface area contributed by atoms with Crippen LogP contribution in [0.3, 0.4) is 0 Å². The summed E-state index contributed by atoms with van der Waals surface area (Å²) in [7, 11) is 0. The van der Waals surface area contributed by atoms with Gasteiger partial charge >= 0.3 is 0 Å². The predicted octanol–water partition coefficient (Wildman–Crippen LogP) is 3.71. The molecule has 0 aliphatic heterocycles. The topological polar surface area (TPSA) is 78.5 Å². The van der Waals surface area contributed by atoms with Crippen LogP contribution in [0.1, 0.15) is 55.4 Å². The Hall–Kier alpha value is -1.88. The Balaban J connectivity index is 1.64. The monoisotopic (exact) mass is 370 g/mol. The number of phenols is 1. The van der Waals surface area contributed by atoms with Gasteiger partial charge in [0.15, 0.2) is 0 Å². The lowest BCUT2D eigenvalue weighted by molar-refractivity contribution is 0.169. The minimum absolute atomic E-state index is 0.185. The molecule has 0 bridgehead atoms. The van der Waals surface area contributed by atoms with Crippen LogP contribution in [0.4, 0.5) is 0 Å². The summed E-state index contributed by atoms with van der Waals surface area (Å²) in [4.78, 5) is 0. The van der Waals surface area contributed by atoms with Crippen LogP contribution in [0.5, 0.6) is 5.75 Å². The number of aliphatic hydroxyl groups is 1. The number of unbranched alkanes of at least 4 members (excludes halogenated alkanes) is 1. The fourth-order valence-corrected chi connectivity index (χ4v) is 3.22. The lowest BCUT2D eigenvalue weighted by Crippen LogP contribution is -2.30. The van der Waals surface area contributed by atoms with Gasteiger partial charge in [-0.2, -0.15) is 0 Å². The molecule has 0 fully saturated rings. The van der Waals surface area contributed by atoms with Gasteiger partial charge in [-0.25, -0.2) is 0 Å². The molecule has 27 heavy (non-hydrogen) atoms. The summed E-state index contributed by atoms with van der Waals surface area (Å²) in [6.07, 6.45) is 6.00. The summed E-state index contributed by atoms with van der Waals surface area (Å²) in [6.45, 7) is 3.41. The van der Waals surface area contributed by atoms with Gasteiger partial charge in [0.2, 0.25) is 0 Å². The molecule has 0 aliphatic rings. The van der Waals surface area contributed by atoms with Crippen molar-refractivity contribution >= 4 is 0 Å². The number of rotatable bonds is 12. The van der Waals surface area contributed by atoms with Gasteiger partial charge in [-0.15, -0.1) is 0 Å². The Labute approximate surface area is 163 Å². The van der Waals surface area contributed by atoms with E-state index in [9.17, 15) is 10.2 Å². The molecule has 2 aromatic carbocycles. The summed E-state index contributed by atoms with van der Waals surface area (Å²) >= 11 is 0. The fraction of sp³-hybridized carbons (Fsp3) is 0.478. The molecular weight excluding hydrogens is 336 g/mol. The molecule has 0 aliphatic carbocycles. The normalized spacial score (nSPS) is 13.4. The second kappa shape index (κ2) is 11.8. The van der Waals surface area contributed by atoms with Crippen LogP contribution in [-0.4, -0.2) is 29.3 Å². The van der Waals surface area contributed by atoms with Gasteiger partial charge in [0, 0.05) is 12.6 Å². The second-order valence-corrected chi connectivity index (χ2v) is 7.37. The van der Waals surface area contributed by atoms with E-state index in [4.69, 9.17) is 5.73 Å². The standard InChI is InChI=1S/C23H34N2O2/c1-18(25-17-23(27)21-9-5-10-22(26)16-21)6-4-8-20-13-11-19(12-14-20)7-2-3-15-24/h5,9-14,16,18,23,25-27H,2-4,6-8,15,17,24H2,1H3. The van der Waals surface area contributed by atoms with Gasteiger partial charge in [-0.3, -0.25) is 0 Å². The zero-order valence-electron chi connectivity index (χ0n) is 16.4. The van der Waals surface area contributed by atoms with Gasteiger partial charge in [-0.1, -0.05) is 36.4 Å². The van der Waals surface area contributed by atoms with Gasteiger partial charge in [0.1, 0.15) is 5.75 Å². The van der Waals surface area contributed by atoms with Gasteiger partial charge in [0.25, 0.3) is 0 Å². The maximum atomic E-state index is 10.2. The molecule has 0 radical (unpaired) electrons. The molecule has 2 atom stereocenters. The van der Waals surface area contributed by atoms with E-state index < -0.39 is 6.10 Å². The van der Waals surface area contributed by atoms with Crippen molar-refractivity contribution in [2.75, 3.05) is 13.1 Å². The predicted molar refractivity (Wildman–Crippen MR) is 112 cm³/mol. The molecule has 0 amide bonds. The fourth-order valence-electron chi connectivity index (χ4n) is 3.22. The highest BCUT2D eigenvalue weighted by molar-refractivity contribution is 5.28. The quantitative estimate of drug-likeness (QED) is 0.430. The summed E-state index contributed by atoms with van der Waals surface area (Å²) in [5.41, 5.74) is 9.05. The van der Waals surface area contributed by atoms with Crippen molar-refractivity contribution in [3.63, 3.8) is 0 Å². The van der Waals surface area contributed by atoms with Crippen LogP contribution in [0, 0.1) is 0 Å². The van der Waals surface area contributed by atoms with E-state index in [1.807, 2.05) is 6.07 Å². The number of nitrogens with one attached hydrogen (secondary N) is 1. The van der Waals surface area contributed by atoms with Crippen molar-refractivity contribution in [1.82, 2.24) is 5.32 Å². The Bertz CT molecular complexity index is 658. The van der Waals surface area contributed by atoms with Gasteiger partial charge in [0.05, 0.1) is 6.10 Å². The molecule has 4 heteroatoms. The molecule has 2 aromatic rings. The van der Waals surface area contributed by atoms with E-state index in [2.05, 4.69) is 36.5 Å². The molecule has 5 N–H and O–H groups in total. The SMILES string of the molecule is CC(CCCc1ccc(CCCCN)cc1)NCC(O)c1cccc(O)c1. The number of aliphatic hydroxyl groups excluding tert-OH is 1. The maximum absolute atomic E-state index is 10.2. The van der Waals surface area contributed by atoms with E-state index in [1.165, 1.54) is 11.1 Å². The largest absolute Gasteiger partial charge is 0.508 e. The highest BCUT2D eigenvalue weighted by atomic mass is 16.3. The number of nitrogens with two attached hydrogens (primary N) is 1. The number of phenolic OH excluding ortho intramolecular Hbond substituents is 1. The average molecular weight is 371 g/mol. The molecule has 0 aromatic heterocycles. The van der Waals surface area contributed by atoms with Crippen LogP contribution in [0.15, 0.2) is 48.5 Å².